The van der Waals surface area contributed by atoms with E-state index in [2.05, 4.69) is 19.2 Å². The highest BCUT2D eigenvalue weighted by atomic mass is 35.5. The van der Waals surface area contributed by atoms with E-state index >= 15 is 0 Å². The molecule has 1 amide bonds. The van der Waals surface area contributed by atoms with Crippen LogP contribution in [-0.4, -0.2) is 11.9 Å². The number of hydrogen-bond donors (Lipinski definition) is 2. The molecule has 0 spiro atoms. The van der Waals surface area contributed by atoms with Gasteiger partial charge in [0.25, 0.3) is 5.91 Å². The van der Waals surface area contributed by atoms with Crippen molar-refractivity contribution in [1.29, 1.82) is 0 Å². The van der Waals surface area contributed by atoms with Crippen LogP contribution < -0.4 is 11.1 Å². The maximum Gasteiger partial charge on any atom is 0.251 e. The van der Waals surface area contributed by atoms with Gasteiger partial charge in [-0.05, 0) is 25.0 Å². The van der Waals surface area contributed by atoms with Crippen LogP contribution >= 0.6 is 23.2 Å². The number of halogens is 2. The summed E-state index contributed by atoms with van der Waals surface area (Å²) in [5.74, 6) is 0.222. The molecule has 18 heavy (non-hydrogen) atoms. The van der Waals surface area contributed by atoms with Crippen molar-refractivity contribution in [3.8, 4) is 0 Å². The fourth-order valence-corrected chi connectivity index (χ4v) is 1.99. The lowest BCUT2D eigenvalue weighted by Gasteiger charge is -2.20. The van der Waals surface area contributed by atoms with Crippen LogP contribution in [0.4, 0.5) is 5.69 Å². The van der Waals surface area contributed by atoms with Gasteiger partial charge in [-0.3, -0.25) is 4.79 Å². The molecular weight excluding hydrogens is 271 g/mol. The van der Waals surface area contributed by atoms with Crippen LogP contribution in [0, 0.1) is 5.92 Å². The number of nitrogen functional groups attached to an aromatic ring is 1. The van der Waals surface area contributed by atoms with E-state index in [0.29, 0.717) is 27.2 Å². The van der Waals surface area contributed by atoms with Gasteiger partial charge in [-0.2, -0.15) is 0 Å². The number of carbonyl (C=O) groups is 1. The SMILES string of the molecule is CCC(C)C(C)NC(=O)c1cc(Cl)c(N)c(Cl)c1. The predicted octanol–water partition coefficient (Wildman–Crippen LogP) is 3.74. The lowest BCUT2D eigenvalue weighted by Crippen LogP contribution is -2.36. The summed E-state index contributed by atoms with van der Waals surface area (Å²) < 4.78 is 0. The van der Waals surface area contributed by atoms with Crippen molar-refractivity contribution in [2.75, 3.05) is 5.73 Å². The molecule has 0 saturated heterocycles. The summed E-state index contributed by atoms with van der Waals surface area (Å²) >= 11 is 11.8. The standard InChI is InChI=1S/C13H18Cl2N2O/c1-4-7(2)8(3)17-13(18)9-5-10(14)12(16)11(15)6-9/h5-8H,4,16H2,1-3H3,(H,17,18). The summed E-state index contributed by atoms with van der Waals surface area (Å²) in [6, 6.07) is 3.15. The number of nitrogens with two attached hydrogens (primary N) is 1. The smallest absolute Gasteiger partial charge is 0.251 e. The van der Waals surface area contributed by atoms with Crippen molar-refractivity contribution < 1.29 is 4.79 Å². The molecular formula is C13H18Cl2N2O. The Balaban J connectivity index is 2.85. The van der Waals surface area contributed by atoms with E-state index in [9.17, 15) is 4.79 Å². The van der Waals surface area contributed by atoms with Crippen molar-refractivity contribution in [3.05, 3.63) is 27.7 Å². The van der Waals surface area contributed by atoms with E-state index in [1.165, 1.54) is 12.1 Å². The van der Waals surface area contributed by atoms with Gasteiger partial charge in [-0.1, -0.05) is 43.5 Å². The fraction of sp³-hybridized carbons (Fsp3) is 0.462. The molecule has 100 valence electrons. The Bertz CT molecular complexity index is 426. The van der Waals surface area contributed by atoms with Crippen molar-refractivity contribution in [2.24, 2.45) is 5.92 Å². The molecule has 1 rings (SSSR count). The Morgan fingerprint density at radius 3 is 2.28 bits per heavy atom. The number of nitrogens with one attached hydrogen (secondary N) is 1. The van der Waals surface area contributed by atoms with Gasteiger partial charge in [-0.25, -0.2) is 0 Å². The van der Waals surface area contributed by atoms with Crippen molar-refractivity contribution in [3.63, 3.8) is 0 Å². The summed E-state index contributed by atoms with van der Waals surface area (Å²) in [6.45, 7) is 6.16. The topological polar surface area (TPSA) is 55.1 Å². The van der Waals surface area contributed by atoms with Gasteiger partial charge < -0.3 is 11.1 Å². The first-order valence-corrected chi connectivity index (χ1v) is 6.67. The van der Waals surface area contributed by atoms with Crippen molar-refractivity contribution >= 4 is 34.8 Å². The minimum atomic E-state index is -0.188. The first-order valence-electron chi connectivity index (χ1n) is 5.92. The monoisotopic (exact) mass is 288 g/mol. The molecule has 1 aromatic rings. The molecule has 0 heterocycles. The second-order valence-electron chi connectivity index (χ2n) is 4.50. The molecule has 0 aliphatic rings. The summed E-state index contributed by atoms with van der Waals surface area (Å²) in [5.41, 5.74) is 6.35. The van der Waals surface area contributed by atoms with E-state index in [0.717, 1.165) is 6.42 Å². The van der Waals surface area contributed by atoms with E-state index in [-0.39, 0.29) is 11.9 Å². The van der Waals surface area contributed by atoms with E-state index in [4.69, 9.17) is 28.9 Å². The zero-order valence-electron chi connectivity index (χ0n) is 10.8. The number of amides is 1. The van der Waals surface area contributed by atoms with Crippen LogP contribution in [0.3, 0.4) is 0 Å². The van der Waals surface area contributed by atoms with Gasteiger partial charge in [-0.15, -0.1) is 0 Å². The molecule has 3 N–H and O–H groups in total. The average molecular weight is 289 g/mol. The highest BCUT2D eigenvalue weighted by Crippen LogP contribution is 2.28. The van der Waals surface area contributed by atoms with Gasteiger partial charge in [0.05, 0.1) is 15.7 Å². The van der Waals surface area contributed by atoms with Crippen LogP contribution in [0.15, 0.2) is 12.1 Å². The summed E-state index contributed by atoms with van der Waals surface area (Å²) in [5, 5.41) is 3.51. The average Bonchev–Trinajstić information content (AvgIpc) is 2.33. The molecule has 0 aliphatic carbocycles. The van der Waals surface area contributed by atoms with Crippen LogP contribution in [0.2, 0.25) is 10.0 Å². The second kappa shape index (κ2) is 6.30. The molecule has 3 nitrogen and oxygen atoms in total. The maximum atomic E-state index is 12.0. The van der Waals surface area contributed by atoms with E-state index < -0.39 is 0 Å². The number of hydrogen-bond acceptors (Lipinski definition) is 2. The fourth-order valence-electron chi connectivity index (χ4n) is 1.50. The first-order chi connectivity index (χ1) is 8.36. The maximum absolute atomic E-state index is 12.0. The Morgan fingerprint density at radius 2 is 1.83 bits per heavy atom. The molecule has 5 heteroatoms. The van der Waals surface area contributed by atoms with Gasteiger partial charge in [0, 0.05) is 11.6 Å². The van der Waals surface area contributed by atoms with Crippen LogP contribution in [0.5, 0.6) is 0 Å². The largest absolute Gasteiger partial charge is 0.396 e. The van der Waals surface area contributed by atoms with E-state index in [1.54, 1.807) is 0 Å². The molecule has 0 bridgehead atoms. The second-order valence-corrected chi connectivity index (χ2v) is 5.32. The summed E-state index contributed by atoms with van der Waals surface area (Å²) in [7, 11) is 0. The summed E-state index contributed by atoms with van der Waals surface area (Å²) in [6.07, 6.45) is 1.00. The number of carbonyl (C=O) groups excluding carboxylic acids is 1. The zero-order chi connectivity index (χ0) is 13.9. The normalized spacial score (nSPS) is 14.1. The highest BCUT2D eigenvalue weighted by Gasteiger charge is 2.16. The van der Waals surface area contributed by atoms with Crippen LogP contribution in [0.1, 0.15) is 37.6 Å². The number of rotatable bonds is 4. The van der Waals surface area contributed by atoms with E-state index in [1.807, 2.05) is 6.92 Å². The third-order valence-electron chi connectivity index (χ3n) is 3.20. The zero-order valence-corrected chi connectivity index (χ0v) is 12.3. The third kappa shape index (κ3) is 3.53. The Morgan fingerprint density at radius 1 is 1.33 bits per heavy atom. The molecule has 1 aromatic carbocycles. The quantitative estimate of drug-likeness (QED) is 0.830. The molecule has 0 aliphatic heterocycles. The Hall–Kier alpha value is -0.930. The predicted molar refractivity (Wildman–Crippen MR) is 77.3 cm³/mol. The molecule has 2 unspecified atom stereocenters. The van der Waals surface area contributed by atoms with Gasteiger partial charge >= 0.3 is 0 Å². The van der Waals surface area contributed by atoms with Gasteiger partial charge in [0.1, 0.15) is 0 Å². The van der Waals surface area contributed by atoms with Gasteiger partial charge in [0.15, 0.2) is 0 Å². The van der Waals surface area contributed by atoms with Crippen molar-refractivity contribution in [2.45, 2.75) is 33.2 Å². The van der Waals surface area contributed by atoms with Crippen LogP contribution in [0.25, 0.3) is 0 Å². The lowest BCUT2D eigenvalue weighted by atomic mass is 10.0. The highest BCUT2D eigenvalue weighted by molar-refractivity contribution is 6.39. The van der Waals surface area contributed by atoms with Gasteiger partial charge in [0.2, 0.25) is 0 Å². The van der Waals surface area contributed by atoms with Crippen molar-refractivity contribution in [1.82, 2.24) is 5.32 Å². The van der Waals surface area contributed by atoms with Crippen LogP contribution in [-0.2, 0) is 0 Å². The molecule has 0 aromatic heterocycles. The Labute approximate surface area is 118 Å². The minimum absolute atomic E-state index is 0.0950. The number of anilines is 1. The molecule has 0 fully saturated rings. The number of benzene rings is 1. The third-order valence-corrected chi connectivity index (χ3v) is 3.82. The summed E-state index contributed by atoms with van der Waals surface area (Å²) in [4.78, 5) is 12.0. The molecule has 0 radical (unpaired) electrons. The Kier molecular flexibility index (Phi) is 5.29. The molecule has 2 atom stereocenters. The molecule has 0 saturated carbocycles. The first kappa shape index (κ1) is 15.1. The minimum Gasteiger partial charge on any atom is -0.396 e. The lowest BCUT2D eigenvalue weighted by molar-refractivity contribution is 0.0928.